The third kappa shape index (κ3) is 15.2. The molecule has 0 saturated heterocycles. The summed E-state index contributed by atoms with van der Waals surface area (Å²) in [6, 6.07) is 16.7. The lowest BCUT2D eigenvalue weighted by Crippen LogP contribution is -2.46. The minimum Gasteiger partial charge on any atom is -0.460 e. The second kappa shape index (κ2) is 17.5. The molecule has 0 heterocycles. The van der Waals surface area contributed by atoms with E-state index in [1.54, 1.807) is 90.1 Å². The molecular weight excluding hydrogens is 596 g/mol. The Morgan fingerprint density at radius 2 is 1.33 bits per heavy atom. The molecule has 0 bridgehead atoms. The molecule has 0 aliphatic rings. The lowest BCUT2D eigenvalue weighted by Gasteiger charge is -2.25. The lowest BCUT2D eigenvalue weighted by molar-refractivity contribution is -0.156. The van der Waals surface area contributed by atoms with Crippen molar-refractivity contribution in [2.45, 2.75) is 91.3 Å². The van der Waals surface area contributed by atoms with Crippen molar-refractivity contribution in [1.82, 2.24) is 10.2 Å². The first kappa shape index (κ1) is 37.2. The molecule has 2 aromatic carbocycles. The van der Waals surface area contributed by atoms with Crippen LogP contribution in [0.25, 0.3) is 0 Å². The van der Waals surface area contributed by atoms with Crippen molar-refractivity contribution < 1.29 is 42.9 Å². The second-order valence-electron chi connectivity index (χ2n) is 12.3. The number of Topliss-reactive ketones (excluding diaryl/α,β-unsaturated/α-hetero) is 1. The van der Waals surface area contributed by atoms with Crippen molar-refractivity contribution in [3.8, 4) is 0 Å². The van der Waals surface area contributed by atoms with Gasteiger partial charge in [-0.05, 0) is 65.5 Å². The minimum absolute atomic E-state index is 0.0327. The fourth-order valence-electron chi connectivity index (χ4n) is 3.86. The number of ketones is 1. The van der Waals surface area contributed by atoms with Crippen LogP contribution in [0.3, 0.4) is 0 Å². The van der Waals surface area contributed by atoms with Gasteiger partial charge in [0, 0.05) is 6.54 Å². The van der Waals surface area contributed by atoms with Gasteiger partial charge in [-0.3, -0.25) is 9.59 Å². The Bertz CT molecular complexity index is 1350. The van der Waals surface area contributed by atoms with Gasteiger partial charge >= 0.3 is 24.2 Å². The van der Waals surface area contributed by atoms with E-state index in [1.807, 2.05) is 12.1 Å². The van der Waals surface area contributed by atoms with Crippen LogP contribution in [0, 0.1) is 0 Å². The molecule has 0 fully saturated rings. The predicted octanol–water partition coefficient (Wildman–Crippen LogP) is 5.25. The summed E-state index contributed by atoms with van der Waals surface area (Å²) in [6.07, 6.45) is -3.36. The van der Waals surface area contributed by atoms with Crippen LogP contribution in [0.5, 0.6) is 0 Å². The van der Waals surface area contributed by atoms with Crippen molar-refractivity contribution in [1.29, 1.82) is 0 Å². The summed E-state index contributed by atoms with van der Waals surface area (Å²) in [4.78, 5) is 68.1. The molecule has 13 heteroatoms. The number of hydrogen-bond acceptors (Lipinski definition) is 9. The maximum atomic E-state index is 13.1. The summed E-state index contributed by atoms with van der Waals surface area (Å²) < 4.78 is 21.1. The molecule has 0 unspecified atom stereocenters. The van der Waals surface area contributed by atoms with E-state index in [2.05, 4.69) is 10.3 Å². The van der Waals surface area contributed by atoms with Crippen molar-refractivity contribution in [3.63, 3.8) is 0 Å². The molecule has 0 aromatic heterocycles. The Kier molecular flexibility index (Phi) is 14.2. The number of amides is 3. The number of esters is 1. The lowest BCUT2D eigenvalue weighted by atomic mass is 10.0. The Hall–Kier alpha value is -4.94. The van der Waals surface area contributed by atoms with E-state index in [4.69, 9.17) is 24.7 Å². The van der Waals surface area contributed by atoms with Crippen LogP contribution >= 0.6 is 0 Å². The maximum absolute atomic E-state index is 13.1. The van der Waals surface area contributed by atoms with E-state index in [0.29, 0.717) is 5.56 Å². The number of carbonyl (C=O) groups excluding carboxylic acids is 5. The molecule has 0 aliphatic heterocycles. The first-order chi connectivity index (χ1) is 21.5. The molecular formula is C33H44N4O9. The number of alkyl carbamates (subject to hydrolysis) is 1. The molecule has 2 aromatic rings. The summed E-state index contributed by atoms with van der Waals surface area (Å²) in [7, 11) is 0. The number of nitrogens with one attached hydrogen (secondary N) is 1. The van der Waals surface area contributed by atoms with Gasteiger partial charge in [-0.2, -0.15) is 0 Å². The van der Waals surface area contributed by atoms with Crippen LogP contribution in [0.15, 0.2) is 65.7 Å². The Balaban J connectivity index is 2.18. The van der Waals surface area contributed by atoms with Gasteiger partial charge in [0.1, 0.15) is 30.8 Å². The van der Waals surface area contributed by atoms with E-state index in [0.717, 1.165) is 10.5 Å². The van der Waals surface area contributed by atoms with E-state index < -0.39 is 59.7 Å². The monoisotopic (exact) mass is 640 g/mol. The topological polar surface area (TPSA) is 176 Å². The van der Waals surface area contributed by atoms with Gasteiger partial charge in [0.2, 0.25) is 5.96 Å². The standard InChI is InChI=1S/C33H44N4O9/c1-32(2,3)45-27(39)20-26(38)25(35-30(41)46-33(4,5)6)18-13-19-37(31(42)44-22-24-16-11-8-12-17-24)28(34)36-29(40)43-21-23-14-9-7-10-15-23/h7-12,14-17,25H,13,18-22H2,1-6H3,(H,35,41)(H2,34,36,40)/t25-/m0/s1. The summed E-state index contributed by atoms with van der Waals surface area (Å²) in [5.41, 5.74) is 5.84. The second-order valence-corrected chi connectivity index (χ2v) is 12.3. The number of nitrogens with zero attached hydrogens (tertiary/aromatic N) is 2. The van der Waals surface area contributed by atoms with E-state index in [9.17, 15) is 24.0 Å². The Labute approximate surface area is 269 Å². The van der Waals surface area contributed by atoms with Crippen LogP contribution in [-0.2, 0) is 41.8 Å². The molecule has 13 nitrogen and oxygen atoms in total. The third-order valence-corrected chi connectivity index (χ3v) is 5.81. The van der Waals surface area contributed by atoms with Gasteiger partial charge in [-0.1, -0.05) is 60.7 Å². The first-order valence-corrected chi connectivity index (χ1v) is 14.8. The van der Waals surface area contributed by atoms with Crippen LogP contribution in [-0.4, -0.2) is 64.7 Å². The fraction of sp³-hybridized carbons (Fsp3) is 0.455. The van der Waals surface area contributed by atoms with Gasteiger partial charge < -0.3 is 30.0 Å². The molecule has 0 saturated carbocycles. The van der Waals surface area contributed by atoms with Crippen LogP contribution in [0.1, 0.15) is 71.9 Å². The maximum Gasteiger partial charge on any atom is 0.437 e. The number of carbonyl (C=O) groups is 5. The van der Waals surface area contributed by atoms with Crippen molar-refractivity contribution in [2.75, 3.05) is 6.54 Å². The molecule has 250 valence electrons. The summed E-state index contributed by atoms with van der Waals surface area (Å²) in [6.45, 7) is 9.68. The van der Waals surface area contributed by atoms with E-state index in [-0.39, 0.29) is 32.6 Å². The molecule has 1 atom stereocenters. The van der Waals surface area contributed by atoms with Crippen LogP contribution in [0.2, 0.25) is 0 Å². The number of ether oxygens (including phenoxy) is 4. The highest BCUT2D eigenvalue weighted by molar-refractivity contribution is 6.00. The Morgan fingerprint density at radius 3 is 1.85 bits per heavy atom. The van der Waals surface area contributed by atoms with Gasteiger partial charge in [0.05, 0.1) is 6.04 Å². The normalized spacial score (nSPS) is 12.3. The summed E-state index contributed by atoms with van der Waals surface area (Å²) >= 11 is 0. The van der Waals surface area contributed by atoms with Crippen LogP contribution in [0.4, 0.5) is 14.4 Å². The molecule has 3 N–H and O–H groups in total. The number of benzene rings is 2. The molecule has 0 aliphatic carbocycles. The third-order valence-electron chi connectivity index (χ3n) is 5.81. The molecule has 2 rings (SSSR count). The largest absolute Gasteiger partial charge is 0.460 e. The highest BCUT2D eigenvalue weighted by atomic mass is 16.6. The number of guanidine groups is 1. The molecule has 0 radical (unpaired) electrons. The van der Waals surface area contributed by atoms with Crippen molar-refractivity contribution in [3.05, 3.63) is 71.8 Å². The quantitative estimate of drug-likeness (QED) is 0.102. The zero-order chi connectivity index (χ0) is 34.3. The molecule has 3 amide bonds. The molecule has 0 spiro atoms. The van der Waals surface area contributed by atoms with Crippen molar-refractivity contribution in [2.24, 2.45) is 10.7 Å². The number of aliphatic imine (C=N–C) groups is 1. The highest BCUT2D eigenvalue weighted by Crippen LogP contribution is 2.13. The zero-order valence-corrected chi connectivity index (χ0v) is 27.2. The number of rotatable bonds is 12. The number of nitrogens with two attached hydrogens (primary N) is 1. The summed E-state index contributed by atoms with van der Waals surface area (Å²) in [5.74, 6) is -1.87. The van der Waals surface area contributed by atoms with E-state index in [1.165, 1.54) is 0 Å². The van der Waals surface area contributed by atoms with Gasteiger partial charge in [0.15, 0.2) is 5.78 Å². The average molecular weight is 641 g/mol. The first-order valence-electron chi connectivity index (χ1n) is 14.8. The smallest absolute Gasteiger partial charge is 0.437 e. The predicted molar refractivity (Wildman–Crippen MR) is 169 cm³/mol. The van der Waals surface area contributed by atoms with Gasteiger partial charge in [0.25, 0.3) is 0 Å². The van der Waals surface area contributed by atoms with Crippen molar-refractivity contribution >= 4 is 36.0 Å². The highest BCUT2D eigenvalue weighted by Gasteiger charge is 2.29. The fourth-order valence-corrected chi connectivity index (χ4v) is 3.86. The summed E-state index contributed by atoms with van der Waals surface area (Å²) in [5, 5.41) is 2.50. The SMILES string of the molecule is CC(C)(C)OC(=O)CC(=O)[C@H](CCCN(C(=O)OCc1ccccc1)/C(N)=N/C(=O)OCc1ccccc1)NC(=O)OC(C)(C)C. The average Bonchev–Trinajstić information content (AvgIpc) is 2.95. The minimum atomic E-state index is -1.17. The van der Waals surface area contributed by atoms with Gasteiger partial charge in [-0.15, -0.1) is 4.99 Å². The number of hydrogen-bond donors (Lipinski definition) is 2. The van der Waals surface area contributed by atoms with E-state index >= 15 is 0 Å². The van der Waals surface area contributed by atoms with Gasteiger partial charge in [-0.25, -0.2) is 19.3 Å². The zero-order valence-electron chi connectivity index (χ0n) is 27.2. The molecule has 46 heavy (non-hydrogen) atoms. The Morgan fingerprint density at radius 1 is 0.804 bits per heavy atom. The van der Waals surface area contributed by atoms with Crippen LogP contribution < -0.4 is 11.1 Å².